The molecule has 0 saturated carbocycles. The molecule has 3 rings (SSSR count). The van der Waals surface area contributed by atoms with Gasteiger partial charge in [0.25, 0.3) is 0 Å². The highest BCUT2D eigenvalue weighted by molar-refractivity contribution is 6.02. The zero-order chi connectivity index (χ0) is 15.0. The Labute approximate surface area is 123 Å². The molecule has 0 unspecified atom stereocenters. The highest BCUT2D eigenvalue weighted by atomic mass is 16.5. The first kappa shape index (κ1) is 13.4. The van der Waals surface area contributed by atoms with Gasteiger partial charge in [0, 0.05) is 11.5 Å². The van der Waals surface area contributed by atoms with Crippen molar-refractivity contribution in [3.63, 3.8) is 0 Å². The van der Waals surface area contributed by atoms with E-state index in [0.29, 0.717) is 5.75 Å². The lowest BCUT2D eigenvalue weighted by Crippen LogP contribution is -2.04. The molecule has 0 saturated heterocycles. The van der Waals surface area contributed by atoms with Crippen molar-refractivity contribution in [3.8, 4) is 5.75 Å². The minimum absolute atomic E-state index is 0.436. The standard InChI is InChI=1S/C19H16O2/c1-4-18(20)21-19-13(3)6-8-15-10-16-9-12(2)5-7-14(16)11-17(15)19/h4-11H,1H2,2-3H3. The van der Waals surface area contributed by atoms with Gasteiger partial charge < -0.3 is 4.74 Å². The van der Waals surface area contributed by atoms with E-state index in [9.17, 15) is 4.79 Å². The summed E-state index contributed by atoms with van der Waals surface area (Å²) < 4.78 is 5.42. The van der Waals surface area contributed by atoms with Crippen LogP contribution in [0.15, 0.2) is 55.1 Å². The van der Waals surface area contributed by atoms with Gasteiger partial charge in [0.1, 0.15) is 5.75 Å². The molecule has 0 radical (unpaired) electrons. The first-order chi connectivity index (χ1) is 10.1. The molecule has 104 valence electrons. The molecule has 21 heavy (non-hydrogen) atoms. The average Bonchev–Trinajstić information content (AvgIpc) is 2.48. The van der Waals surface area contributed by atoms with Crippen LogP contribution in [0.1, 0.15) is 11.1 Å². The lowest BCUT2D eigenvalue weighted by atomic mass is 10.00. The van der Waals surface area contributed by atoms with E-state index in [4.69, 9.17) is 4.74 Å². The molecule has 0 N–H and O–H groups in total. The van der Waals surface area contributed by atoms with Gasteiger partial charge >= 0.3 is 5.97 Å². The monoisotopic (exact) mass is 276 g/mol. The summed E-state index contributed by atoms with van der Waals surface area (Å²) in [6, 6.07) is 14.5. The minimum Gasteiger partial charge on any atom is -0.422 e. The minimum atomic E-state index is -0.436. The Bertz CT molecular complexity index is 875. The van der Waals surface area contributed by atoms with Crippen LogP contribution < -0.4 is 4.74 Å². The quantitative estimate of drug-likeness (QED) is 0.293. The summed E-state index contributed by atoms with van der Waals surface area (Å²) in [5, 5.41) is 4.33. The number of aryl methyl sites for hydroxylation is 2. The molecule has 0 aliphatic rings. The SMILES string of the molecule is C=CC(=O)Oc1c(C)ccc2cc3cc(C)ccc3cc12. The molecule has 2 nitrogen and oxygen atoms in total. The van der Waals surface area contributed by atoms with Crippen LogP contribution in [0.5, 0.6) is 5.75 Å². The third kappa shape index (κ3) is 2.40. The Kier molecular flexibility index (Phi) is 3.22. The van der Waals surface area contributed by atoms with Gasteiger partial charge in [-0.05, 0) is 47.7 Å². The number of rotatable bonds is 2. The van der Waals surface area contributed by atoms with Crippen LogP contribution >= 0.6 is 0 Å². The van der Waals surface area contributed by atoms with E-state index in [-0.39, 0.29) is 0 Å². The molecule has 2 heteroatoms. The van der Waals surface area contributed by atoms with Crippen molar-refractivity contribution in [1.82, 2.24) is 0 Å². The topological polar surface area (TPSA) is 26.3 Å². The molecule has 0 aliphatic heterocycles. The first-order valence-electron chi connectivity index (χ1n) is 6.86. The van der Waals surface area contributed by atoms with Crippen molar-refractivity contribution in [2.75, 3.05) is 0 Å². The number of ether oxygens (including phenoxy) is 1. The van der Waals surface area contributed by atoms with E-state index in [1.165, 1.54) is 17.0 Å². The average molecular weight is 276 g/mol. The van der Waals surface area contributed by atoms with Crippen LogP contribution in [-0.2, 0) is 4.79 Å². The second kappa shape index (κ2) is 5.06. The van der Waals surface area contributed by atoms with Crippen molar-refractivity contribution >= 4 is 27.5 Å². The van der Waals surface area contributed by atoms with Gasteiger partial charge in [-0.1, -0.05) is 42.5 Å². The third-order valence-corrected chi connectivity index (χ3v) is 3.65. The van der Waals surface area contributed by atoms with Gasteiger partial charge in [-0.15, -0.1) is 0 Å². The van der Waals surface area contributed by atoms with Crippen LogP contribution in [0.2, 0.25) is 0 Å². The maximum atomic E-state index is 11.5. The maximum Gasteiger partial charge on any atom is 0.335 e. The molecular formula is C19H16O2. The van der Waals surface area contributed by atoms with Gasteiger partial charge in [0.15, 0.2) is 0 Å². The van der Waals surface area contributed by atoms with Gasteiger partial charge in [0.2, 0.25) is 0 Å². The molecular weight excluding hydrogens is 260 g/mol. The Morgan fingerprint density at radius 3 is 2.52 bits per heavy atom. The Balaban J connectivity index is 2.31. The predicted molar refractivity (Wildman–Crippen MR) is 86.8 cm³/mol. The van der Waals surface area contributed by atoms with Crippen molar-refractivity contribution in [1.29, 1.82) is 0 Å². The Hall–Kier alpha value is -2.61. The summed E-state index contributed by atoms with van der Waals surface area (Å²) in [6.45, 7) is 7.47. The number of fused-ring (bicyclic) bond motifs is 2. The Morgan fingerprint density at radius 2 is 1.76 bits per heavy atom. The van der Waals surface area contributed by atoms with E-state index in [0.717, 1.165) is 21.7 Å². The molecule has 0 atom stereocenters. The normalized spacial score (nSPS) is 10.8. The zero-order valence-corrected chi connectivity index (χ0v) is 12.1. The van der Waals surface area contributed by atoms with Gasteiger partial charge in [-0.2, -0.15) is 0 Å². The zero-order valence-electron chi connectivity index (χ0n) is 12.1. The highest BCUT2D eigenvalue weighted by Gasteiger charge is 2.10. The lowest BCUT2D eigenvalue weighted by Gasteiger charge is -2.11. The summed E-state index contributed by atoms with van der Waals surface area (Å²) in [4.78, 5) is 11.5. The number of hydrogen-bond donors (Lipinski definition) is 0. The van der Waals surface area contributed by atoms with E-state index in [2.05, 4.69) is 49.9 Å². The molecule has 0 amide bonds. The lowest BCUT2D eigenvalue weighted by molar-refractivity contribution is -0.128. The summed E-state index contributed by atoms with van der Waals surface area (Å²) in [5.41, 5.74) is 2.16. The van der Waals surface area contributed by atoms with Crippen molar-refractivity contribution < 1.29 is 9.53 Å². The second-order valence-electron chi connectivity index (χ2n) is 5.26. The predicted octanol–water partition coefficient (Wildman–Crippen LogP) is 4.70. The summed E-state index contributed by atoms with van der Waals surface area (Å²) in [7, 11) is 0. The molecule has 0 bridgehead atoms. The molecule has 3 aromatic carbocycles. The summed E-state index contributed by atoms with van der Waals surface area (Å²) in [5.74, 6) is 0.175. The number of benzene rings is 3. The second-order valence-corrected chi connectivity index (χ2v) is 5.26. The van der Waals surface area contributed by atoms with E-state index in [1.807, 2.05) is 13.0 Å². The van der Waals surface area contributed by atoms with Gasteiger partial charge in [-0.3, -0.25) is 0 Å². The van der Waals surface area contributed by atoms with Crippen LogP contribution in [-0.4, -0.2) is 5.97 Å². The number of carbonyl (C=O) groups excluding carboxylic acids is 1. The van der Waals surface area contributed by atoms with Crippen LogP contribution in [0.4, 0.5) is 0 Å². The fourth-order valence-electron chi connectivity index (χ4n) is 2.55. The number of hydrogen-bond acceptors (Lipinski definition) is 2. The smallest absolute Gasteiger partial charge is 0.335 e. The maximum absolute atomic E-state index is 11.5. The van der Waals surface area contributed by atoms with Gasteiger partial charge in [0.05, 0.1) is 0 Å². The van der Waals surface area contributed by atoms with Crippen molar-refractivity contribution in [2.45, 2.75) is 13.8 Å². The van der Waals surface area contributed by atoms with Gasteiger partial charge in [-0.25, -0.2) is 4.79 Å². The molecule has 3 aromatic rings. The molecule has 0 aromatic heterocycles. The van der Waals surface area contributed by atoms with Crippen molar-refractivity contribution in [2.24, 2.45) is 0 Å². The molecule has 0 heterocycles. The summed E-state index contributed by atoms with van der Waals surface area (Å²) in [6.07, 6.45) is 1.18. The van der Waals surface area contributed by atoms with Crippen molar-refractivity contribution in [3.05, 3.63) is 66.2 Å². The first-order valence-corrected chi connectivity index (χ1v) is 6.86. The molecule has 0 spiro atoms. The number of esters is 1. The summed E-state index contributed by atoms with van der Waals surface area (Å²) >= 11 is 0. The van der Waals surface area contributed by atoms with E-state index >= 15 is 0 Å². The Morgan fingerprint density at radius 1 is 1.00 bits per heavy atom. The molecule has 0 fully saturated rings. The third-order valence-electron chi connectivity index (χ3n) is 3.65. The fourth-order valence-corrected chi connectivity index (χ4v) is 2.55. The highest BCUT2D eigenvalue weighted by Crippen LogP contribution is 2.33. The van der Waals surface area contributed by atoms with E-state index in [1.54, 1.807) is 0 Å². The van der Waals surface area contributed by atoms with Crippen LogP contribution in [0, 0.1) is 13.8 Å². The molecule has 0 aliphatic carbocycles. The number of carbonyl (C=O) groups is 1. The van der Waals surface area contributed by atoms with E-state index < -0.39 is 5.97 Å². The fraction of sp³-hybridized carbons (Fsp3) is 0.105. The van der Waals surface area contributed by atoms with Crippen LogP contribution in [0.3, 0.4) is 0 Å². The largest absolute Gasteiger partial charge is 0.422 e. The van der Waals surface area contributed by atoms with Crippen LogP contribution in [0.25, 0.3) is 21.5 Å².